The highest BCUT2D eigenvalue weighted by molar-refractivity contribution is 6.46. The summed E-state index contributed by atoms with van der Waals surface area (Å²) in [4.78, 5) is 30.6. The molecule has 8 nitrogen and oxygen atoms in total. The Hall–Kier alpha value is -3.36. The predicted molar refractivity (Wildman–Crippen MR) is 136 cm³/mol. The molecule has 0 bridgehead atoms. The highest BCUT2D eigenvalue weighted by Gasteiger charge is 2.47. The summed E-state index contributed by atoms with van der Waals surface area (Å²) in [7, 11) is 1.57. The number of likely N-dealkylation sites (tertiary alicyclic amines) is 1. The summed E-state index contributed by atoms with van der Waals surface area (Å²) in [6.45, 7) is 8.44. The third-order valence-electron chi connectivity index (χ3n) is 6.72. The molecule has 0 spiro atoms. The lowest BCUT2D eigenvalue weighted by Gasteiger charge is -2.29. The molecule has 0 saturated carbocycles. The fourth-order valence-corrected chi connectivity index (χ4v) is 4.89. The topological polar surface area (TPSA) is 88.5 Å². The van der Waals surface area contributed by atoms with Gasteiger partial charge in [-0.2, -0.15) is 0 Å². The number of carbonyl (C=O) groups is 2. The maximum Gasteiger partial charge on any atom is 0.295 e. The molecule has 0 aromatic heterocycles. The van der Waals surface area contributed by atoms with Crippen LogP contribution in [0.2, 0.25) is 0 Å². The second-order valence-electron chi connectivity index (χ2n) is 8.95. The molecule has 36 heavy (non-hydrogen) atoms. The molecule has 2 fully saturated rings. The quantitative estimate of drug-likeness (QED) is 0.324. The van der Waals surface area contributed by atoms with Gasteiger partial charge < -0.3 is 24.2 Å². The van der Waals surface area contributed by atoms with Gasteiger partial charge in [0.2, 0.25) is 0 Å². The number of amides is 1. The lowest BCUT2D eigenvalue weighted by atomic mass is 9.93. The molecule has 1 unspecified atom stereocenters. The van der Waals surface area contributed by atoms with E-state index in [1.54, 1.807) is 30.2 Å². The van der Waals surface area contributed by atoms with E-state index in [4.69, 9.17) is 14.2 Å². The van der Waals surface area contributed by atoms with E-state index in [0.717, 1.165) is 25.2 Å². The zero-order valence-corrected chi connectivity index (χ0v) is 21.2. The number of hydrogen-bond donors (Lipinski definition) is 1. The van der Waals surface area contributed by atoms with Crippen LogP contribution < -0.4 is 9.47 Å². The number of Topliss-reactive ketones (excluding diaryl/α,β-unsaturated/α-hetero) is 1. The standard InChI is InChI=1S/C28H34N2O6/c1-4-36-23-9-6-5-8-22(23)25-24(26(31)21-11-10-20(34-3)18-19(21)2)27(32)28(33)30(25)13-7-12-29-14-16-35-17-15-29/h5-6,8-11,18,25,31H,4,7,12-17H2,1-3H3/b26-24-. The molecule has 2 saturated heterocycles. The molecule has 1 N–H and O–H groups in total. The highest BCUT2D eigenvalue weighted by atomic mass is 16.5. The second kappa shape index (κ2) is 11.6. The molecule has 0 aliphatic carbocycles. The first kappa shape index (κ1) is 25.7. The van der Waals surface area contributed by atoms with Gasteiger partial charge >= 0.3 is 0 Å². The molecule has 2 heterocycles. The van der Waals surface area contributed by atoms with Crippen molar-refractivity contribution in [2.45, 2.75) is 26.3 Å². The molecule has 8 heteroatoms. The van der Waals surface area contributed by atoms with Crippen LogP contribution >= 0.6 is 0 Å². The van der Waals surface area contributed by atoms with Crippen molar-refractivity contribution in [3.8, 4) is 11.5 Å². The number of hydrogen-bond acceptors (Lipinski definition) is 7. The van der Waals surface area contributed by atoms with Crippen LogP contribution in [0.4, 0.5) is 0 Å². The van der Waals surface area contributed by atoms with E-state index in [9.17, 15) is 14.7 Å². The largest absolute Gasteiger partial charge is 0.507 e. The average Bonchev–Trinajstić information content (AvgIpc) is 3.14. The number of nitrogens with zero attached hydrogens (tertiary/aromatic N) is 2. The van der Waals surface area contributed by atoms with Crippen molar-refractivity contribution in [2.75, 3.05) is 53.1 Å². The summed E-state index contributed by atoms with van der Waals surface area (Å²) < 4.78 is 16.6. The Morgan fingerprint density at radius 3 is 2.56 bits per heavy atom. The van der Waals surface area contributed by atoms with Gasteiger partial charge in [-0.1, -0.05) is 18.2 Å². The molecule has 1 atom stereocenters. The number of ketones is 1. The number of carbonyl (C=O) groups excluding carboxylic acids is 2. The van der Waals surface area contributed by atoms with Crippen LogP contribution in [0, 0.1) is 6.92 Å². The zero-order chi connectivity index (χ0) is 25.7. The van der Waals surface area contributed by atoms with Gasteiger partial charge in [0.25, 0.3) is 11.7 Å². The first-order valence-corrected chi connectivity index (χ1v) is 12.4. The summed E-state index contributed by atoms with van der Waals surface area (Å²) in [5.41, 5.74) is 1.98. The van der Waals surface area contributed by atoms with Crippen LogP contribution in [-0.2, 0) is 14.3 Å². The number of benzene rings is 2. The van der Waals surface area contributed by atoms with Crippen molar-refractivity contribution >= 4 is 17.4 Å². The van der Waals surface area contributed by atoms with Crippen LogP contribution in [0.25, 0.3) is 5.76 Å². The summed E-state index contributed by atoms with van der Waals surface area (Å²) in [6, 6.07) is 11.9. The van der Waals surface area contributed by atoms with Crippen molar-refractivity contribution in [2.24, 2.45) is 0 Å². The minimum atomic E-state index is -0.751. The Labute approximate surface area is 212 Å². The van der Waals surface area contributed by atoms with Crippen molar-refractivity contribution in [3.05, 3.63) is 64.7 Å². The van der Waals surface area contributed by atoms with Crippen molar-refractivity contribution in [1.82, 2.24) is 9.80 Å². The van der Waals surface area contributed by atoms with E-state index < -0.39 is 17.7 Å². The minimum Gasteiger partial charge on any atom is -0.507 e. The smallest absolute Gasteiger partial charge is 0.295 e. The van der Waals surface area contributed by atoms with Gasteiger partial charge in [-0.15, -0.1) is 0 Å². The molecule has 2 aliphatic rings. The van der Waals surface area contributed by atoms with Crippen LogP contribution in [0.15, 0.2) is 48.0 Å². The number of ether oxygens (including phenoxy) is 3. The van der Waals surface area contributed by atoms with Crippen molar-refractivity contribution in [1.29, 1.82) is 0 Å². The van der Waals surface area contributed by atoms with Gasteiger partial charge in [0, 0.05) is 37.3 Å². The van der Waals surface area contributed by atoms with Gasteiger partial charge in [0.05, 0.1) is 38.5 Å². The van der Waals surface area contributed by atoms with Crippen molar-refractivity contribution < 1.29 is 28.9 Å². The third-order valence-corrected chi connectivity index (χ3v) is 6.72. The van der Waals surface area contributed by atoms with E-state index in [1.807, 2.05) is 38.1 Å². The SMILES string of the molecule is CCOc1ccccc1C1/C(=C(/O)c2ccc(OC)cc2C)C(=O)C(=O)N1CCCN1CCOCC1. The molecular weight excluding hydrogens is 460 g/mol. The van der Waals surface area contributed by atoms with Gasteiger partial charge in [-0.3, -0.25) is 14.5 Å². The number of aryl methyl sites for hydroxylation is 1. The normalized spacial score (nSPS) is 20.1. The summed E-state index contributed by atoms with van der Waals surface area (Å²) in [5, 5.41) is 11.4. The molecule has 2 aromatic carbocycles. The fraction of sp³-hybridized carbons (Fsp3) is 0.429. The number of morpholine rings is 1. The Morgan fingerprint density at radius 2 is 1.86 bits per heavy atom. The molecule has 1 amide bonds. The first-order valence-electron chi connectivity index (χ1n) is 12.4. The summed E-state index contributed by atoms with van der Waals surface area (Å²) in [5.74, 6) is -0.264. The van der Waals surface area contributed by atoms with E-state index >= 15 is 0 Å². The highest BCUT2D eigenvalue weighted by Crippen LogP contribution is 2.43. The van der Waals surface area contributed by atoms with E-state index in [2.05, 4.69) is 4.90 Å². The predicted octanol–water partition coefficient (Wildman–Crippen LogP) is 3.55. The van der Waals surface area contributed by atoms with Crippen LogP contribution in [0.5, 0.6) is 11.5 Å². The molecule has 192 valence electrons. The lowest BCUT2D eigenvalue weighted by Crippen LogP contribution is -2.39. The van der Waals surface area contributed by atoms with Gasteiger partial charge in [0.1, 0.15) is 17.3 Å². The monoisotopic (exact) mass is 494 g/mol. The number of rotatable bonds is 9. The molecule has 0 radical (unpaired) electrons. The number of para-hydroxylation sites is 1. The van der Waals surface area contributed by atoms with Crippen LogP contribution in [-0.4, -0.2) is 79.7 Å². The number of aliphatic hydroxyl groups is 1. The van der Waals surface area contributed by atoms with Crippen molar-refractivity contribution in [3.63, 3.8) is 0 Å². The first-order chi connectivity index (χ1) is 17.5. The molecule has 2 aliphatic heterocycles. The average molecular weight is 495 g/mol. The number of aliphatic hydroxyl groups excluding tert-OH is 1. The van der Waals surface area contributed by atoms with Crippen LogP contribution in [0.3, 0.4) is 0 Å². The maximum absolute atomic E-state index is 13.4. The Bertz CT molecular complexity index is 1140. The summed E-state index contributed by atoms with van der Waals surface area (Å²) >= 11 is 0. The maximum atomic E-state index is 13.4. The zero-order valence-electron chi connectivity index (χ0n) is 21.2. The van der Waals surface area contributed by atoms with Crippen LogP contribution in [0.1, 0.15) is 36.1 Å². The van der Waals surface area contributed by atoms with Gasteiger partial charge in [-0.25, -0.2) is 0 Å². The van der Waals surface area contributed by atoms with Gasteiger partial charge in [0.15, 0.2) is 0 Å². The molecule has 2 aromatic rings. The third kappa shape index (κ3) is 5.24. The second-order valence-corrected chi connectivity index (χ2v) is 8.95. The Kier molecular flexibility index (Phi) is 8.28. The lowest BCUT2D eigenvalue weighted by molar-refractivity contribution is -0.140. The van der Waals surface area contributed by atoms with E-state index in [-0.39, 0.29) is 11.3 Å². The van der Waals surface area contributed by atoms with E-state index in [1.165, 1.54) is 0 Å². The Morgan fingerprint density at radius 1 is 1.11 bits per heavy atom. The van der Waals surface area contributed by atoms with E-state index in [0.29, 0.717) is 55.4 Å². The summed E-state index contributed by atoms with van der Waals surface area (Å²) in [6.07, 6.45) is 0.696. The number of methoxy groups -OCH3 is 1. The van der Waals surface area contributed by atoms with Gasteiger partial charge in [-0.05, 0) is 50.1 Å². The molecular formula is C28H34N2O6. The minimum absolute atomic E-state index is 0.0757. The fourth-order valence-electron chi connectivity index (χ4n) is 4.89. The Balaban J connectivity index is 1.74. The molecule has 4 rings (SSSR count).